The van der Waals surface area contributed by atoms with Gasteiger partial charge in [0.2, 0.25) is 0 Å². The van der Waals surface area contributed by atoms with E-state index in [4.69, 9.17) is 4.74 Å². The van der Waals surface area contributed by atoms with Crippen LogP contribution in [0.1, 0.15) is 47.0 Å². The van der Waals surface area contributed by atoms with Crippen LogP contribution in [0.5, 0.6) is 5.75 Å². The SMILES string of the molecule is CCCc1cccc(OC2CCN(S(=O)(=O)c3ccc(CNC(=O)c4cccc([N+](=O)[O-])c4)s3)CC2)c1. The van der Waals surface area contributed by atoms with Gasteiger partial charge in [0.15, 0.2) is 0 Å². The van der Waals surface area contributed by atoms with Crippen molar-refractivity contribution >= 4 is 33.0 Å². The Bertz CT molecular complexity index is 1360. The van der Waals surface area contributed by atoms with E-state index in [-0.39, 0.29) is 28.1 Å². The molecule has 1 fully saturated rings. The molecule has 37 heavy (non-hydrogen) atoms. The lowest BCUT2D eigenvalue weighted by Crippen LogP contribution is -2.41. The number of carbonyl (C=O) groups excluding carboxylic acids is 1. The molecule has 2 aromatic carbocycles. The smallest absolute Gasteiger partial charge is 0.270 e. The number of non-ortho nitro benzene ring substituents is 1. The molecule has 0 atom stereocenters. The van der Waals surface area contributed by atoms with Crippen molar-refractivity contribution in [3.8, 4) is 5.75 Å². The van der Waals surface area contributed by atoms with E-state index in [0.717, 1.165) is 29.9 Å². The summed E-state index contributed by atoms with van der Waals surface area (Å²) in [5, 5.41) is 13.6. The Kier molecular flexibility index (Phi) is 8.57. The number of benzene rings is 2. The number of nitro benzene ring substituents is 1. The van der Waals surface area contributed by atoms with Crippen LogP contribution in [0.15, 0.2) is 64.9 Å². The van der Waals surface area contributed by atoms with E-state index in [1.807, 2.05) is 12.1 Å². The van der Waals surface area contributed by atoms with E-state index in [2.05, 4.69) is 24.4 Å². The van der Waals surface area contributed by atoms with Gasteiger partial charge in [-0.25, -0.2) is 8.42 Å². The molecule has 3 aromatic rings. The Morgan fingerprint density at radius 3 is 2.62 bits per heavy atom. The molecule has 1 aromatic heterocycles. The second-order valence-corrected chi connectivity index (χ2v) is 12.2. The maximum atomic E-state index is 13.2. The van der Waals surface area contributed by atoms with Crippen LogP contribution in [0.25, 0.3) is 0 Å². The van der Waals surface area contributed by atoms with Crippen molar-refractivity contribution in [2.24, 2.45) is 0 Å². The minimum atomic E-state index is -3.65. The lowest BCUT2D eigenvalue weighted by molar-refractivity contribution is -0.384. The van der Waals surface area contributed by atoms with Gasteiger partial charge in [0.25, 0.3) is 21.6 Å². The van der Waals surface area contributed by atoms with Gasteiger partial charge in [-0.15, -0.1) is 11.3 Å². The summed E-state index contributed by atoms with van der Waals surface area (Å²) in [5.41, 5.74) is 1.23. The van der Waals surface area contributed by atoms with Crippen LogP contribution in [0.4, 0.5) is 5.69 Å². The Hall–Kier alpha value is -3.28. The van der Waals surface area contributed by atoms with E-state index in [1.54, 1.807) is 12.1 Å². The molecule has 0 aliphatic carbocycles. The number of rotatable bonds is 10. The highest BCUT2D eigenvalue weighted by atomic mass is 32.2. The molecule has 196 valence electrons. The molecule has 0 saturated carbocycles. The van der Waals surface area contributed by atoms with Crippen molar-refractivity contribution < 1.29 is 22.9 Å². The summed E-state index contributed by atoms with van der Waals surface area (Å²) in [6.45, 7) is 3.00. The molecule has 1 aliphatic heterocycles. The van der Waals surface area contributed by atoms with E-state index in [9.17, 15) is 23.3 Å². The molecule has 0 unspecified atom stereocenters. The average molecular weight is 544 g/mol. The summed E-state index contributed by atoms with van der Waals surface area (Å²) in [6.07, 6.45) is 3.23. The van der Waals surface area contributed by atoms with Crippen LogP contribution in [0.3, 0.4) is 0 Å². The second kappa shape index (κ2) is 11.8. The van der Waals surface area contributed by atoms with Gasteiger partial charge in [-0.1, -0.05) is 31.5 Å². The monoisotopic (exact) mass is 543 g/mol. The Balaban J connectivity index is 1.31. The number of sulfonamides is 1. The molecule has 2 heterocycles. The number of ether oxygens (including phenoxy) is 1. The topological polar surface area (TPSA) is 119 Å². The molecule has 4 rings (SSSR count). The molecule has 1 N–H and O–H groups in total. The minimum absolute atomic E-state index is 0.0359. The third-order valence-corrected chi connectivity index (χ3v) is 9.57. The van der Waals surface area contributed by atoms with E-state index in [0.29, 0.717) is 30.8 Å². The van der Waals surface area contributed by atoms with Gasteiger partial charge in [0.1, 0.15) is 16.1 Å². The highest BCUT2D eigenvalue weighted by Gasteiger charge is 2.31. The van der Waals surface area contributed by atoms with Gasteiger partial charge in [-0.3, -0.25) is 14.9 Å². The molecular formula is C26H29N3O6S2. The van der Waals surface area contributed by atoms with Gasteiger partial charge in [-0.2, -0.15) is 4.31 Å². The summed E-state index contributed by atoms with van der Waals surface area (Å²) >= 11 is 1.10. The number of nitrogens with one attached hydrogen (secondary N) is 1. The van der Waals surface area contributed by atoms with E-state index >= 15 is 0 Å². The number of hydrogen-bond donors (Lipinski definition) is 1. The highest BCUT2D eigenvalue weighted by molar-refractivity contribution is 7.91. The fourth-order valence-corrected chi connectivity index (χ4v) is 7.11. The largest absolute Gasteiger partial charge is 0.490 e. The van der Waals surface area contributed by atoms with Crippen molar-refractivity contribution in [2.45, 2.75) is 49.5 Å². The van der Waals surface area contributed by atoms with Crippen LogP contribution in [0.2, 0.25) is 0 Å². The molecule has 1 amide bonds. The Morgan fingerprint density at radius 1 is 1.14 bits per heavy atom. The van der Waals surface area contributed by atoms with Crippen molar-refractivity contribution in [3.05, 3.63) is 86.8 Å². The Morgan fingerprint density at radius 2 is 1.89 bits per heavy atom. The summed E-state index contributed by atoms with van der Waals surface area (Å²) in [7, 11) is -3.65. The molecule has 0 spiro atoms. The first-order valence-electron chi connectivity index (χ1n) is 12.1. The zero-order valence-corrected chi connectivity index (χ0v) is 22.1. The quantitative estimate of drug-likeness (QED) is 0.291. The van der Waals surface area contributed by atoms with Crippen LogP contribution in [-0.4, -0.2) is 42.7 Å². The Labute approximate surface area is 220 Å². The van der Waals surface area contributed by atoms with Crippen molar-refractivity contribution in [3.63, 3.8) is 0 Å². The number of nitrogens with zero attached hydrogens (tertiary/aromatic N) is 2. The lowest BCUT2D eigenvalue weighted by Gasteiger charge is -2.31. The van der Waals surface area contributed by atoms with Crippen molar-refractivity contribution in [1.82, 2.24) is 9.62 Å². The molecule has 0 bridgehead atoms. The summed E-state index contributed by atoms with van der Waals surface area (Å²) in [6, 6.07) is 16.7. The van der Waals surface area contributed by atoms with Gasteiger partial charge in [0, 0.05) is 35.7 Å². The van der Waals surface area contributed by atoms with Crippen molar-refractivity contribution in [1.29, 1.82) is 0 Å². The van der Waals surface area contributed by atoms with Crippen LogP contribution < -0.4 is 10.1 Å². The minimum Gasteiger partial charge on any atom is -0.490 e. The first-order chi connectivity index (χ1) is 17.8. The molecule has 11 heteroatoms. The molecule has 9 nitrogen and oxygen atoms in total. The van der Waals surface area contributed by atoms with Crippen LogP contribution in [0, 0.1) is 10.1 Å². The number of amides is 1. The first-order valence-corrected chi connectivity index (χ1v) is 14.4. The fraction of sp³-hybridized carbons (Fsp3) is 0.346. The summed E-state index contributed by atoms with van der Waals surface area (Å²) in [5.74, 6) is 0.353. The molecule has 1 aliphatic rings. The number of nitro groups is 1. The number of thiophene rings is 1. The van der Waals surface area contributed by atoms with Crippen LogP contribution in [-0.2, 0) is 23.0 Å². The van der Waals surface area contributed by atoms with Gasteiger partial charge in [-0.05, 0) is 55.2 Å². The maximum Gasteiger partial charge on any atom is 0.270 e. The van der Waals surface area contributed by atoms with Crippen LogP contribution >= 0.6 is 11.3 Å². The fourth-order valence-electron chi connectivity index (χ4n) is 4.20. The normalized spacial score (nSPS) is 14.8. The van der Waals surface area contributed by atoms with Crippen molar-refractivity contribution in [2.75, 3.05) is 13.1 Å². The predicted octanol–water partition coefficient (Wildman–Crippen LogP) is 4.77. The lowest BCUT2D eigenvalue weighted by atomic mass is 10.1. The zero-order valence-electron chi connectivity index (χ0n) is 20.5. The third kappa shape index (κ3) is 6.73. The predicted molar refractivity (Wildman–Crippen MR) is 141 cm³/mol. The number of piperidine rings is 1. The highest BCUT2D eigenvalue weighted by Crippen LogP contribution is 2.28. The van der Waals surface area contributed by atoms with Gasteiger partial charge < -0.3 is 10.1 Å². The third-order valence-electron chi connectivity index (χ3n) is 6.11. The number of carbonyl (C=O) groups is 1. The standard InChI is InChI=1S/C26H29N3O6S2/c1-2-5-19-6-3-9-23(16-19)35-22-12-14-28(15-13-22)37(33,34)25-11-10-24(36-25)18-27-26(30)20-7-4-8-21(17-20)29(31)32/h3-4,6-11,16-17,22H,2,5,12-15,18H2,1H3,(H,27,30). The number of hydrogen-bond acceptors (Lipinski definition) is 7. The maximum absolute atomic E-state index is 13.2. The zero-order chi connectivity index (χ0) is 26.4. The number of aryl methyl sites for hydroxylation is 1. The molecule has 1 saturated heterocycles. The summed E-state index contributed by atoms with van der Waals surface area (Å²) in [4.78, 5) is 23.4. The van der Waals surface area contributed by atoms with E-state index < -0.39 is 20.9 Å². The first kappa shape index (κ1) is 26.8. The summed E-state index contributed by atoms with van der Waals surface area (Å²) < 4.78 is 34.2. The average Bonchev–Trinajstić information content (AvgIpc) is 3.38. The van der Waals surface area contributed by atoms with E-state index in [1.165, 1.54) is 34.1 Å². The molecular weight excluding hydrogens is 514 g/mol. The van der Waals surface area contributed by atoms with Gasteiger partial charge >= 0.3 is 0 Å². The molecule has 0 radical (unpaired) electrons. The second-order valence-electron chi connectivity index (χ2n) is 8.83. The van der Waals surface area contributed by atoms with Gasteiger partial charge in [0.05, 0.1) is 11.5 Å².